The quantitative estimate of drug-likeness (QED) is 0.755. The van der Waals surface area contributed by atoms with Crippen LogP contribution in [-0.2, 0) is 7.05 Å². The van der Waals surface area contributed by atoms with Gasteiger partial charge in [0.1, 0.15) is 5.69 Å². The number of carbonyl (C=O) groups is 1. The minimum atomic E-state index is -0.447. The molecule has 3 rings (SSSR count). The van der Waals surface area contributed by atoms with Gasteiger partial charge in [-0.2, -0.15) is 0 Å². The molecule has 7 heteroatoms. The largest absolute Gasteiger partial charge is 0.419 e. The molecule has 0 aliphatic carbocycles. The number of nitrogens with zero attached hydrogens (tertiary/aromatic N) is 3. The average molecular weight is 270 g/mol. The van der Waals surface area contributed by atoms with Crippen LogP contribution in [0.1, 0.15) is 10.5 Å². The smallest absolute Gasteiger partial charge is 0.408 e. The molecular formula is C13H10N4O3. The second kappa shape index (κ2) is 4.61. The van der Waals surface area contributed by atoms with Gasteiger partial charge in [0.05, 0.1) is 11.7 Å². The Bertz CT molecular complexity index is 836. The Kier molecular flexibility index (Phi) is 2.79. The molecule has 7 nitrogen and oxygen atoms in total. The van der Waals surface area contributed by atoms with Crippen LogP contribution in [0, 0.1) is 0 Å². The van der Waals surface area contributed by atoms with Crippen LogP contribution in [0.3, 0.4) is 0 Å². The first-order chi connectivity index (χ1) is 9.65. The van der Waals surface area contributed by atoms with Crippen molar-refractivity contribution < 1.29 is 9.21 Å². The fraction of sp³-hybridized carbons (Fsp3) is 0.0769. The van der Waals surface area contributed by atoms with Crippen molar-refractivity contribution in [2.75, 3.05) is 5.32 Å². The van der Waals surface area contributed by atoms with Crippen LogP contribution in [0.4, 0.5) is 5.69 Å². The van der Waals surface area contributed by atoms with E-state index in [2.05, 4.69) is 15.3 Å². The maximum absolute atomic E-state index is 11.9. The van der Waals surface area contributed by atoms with E-state index < -0.39 is 5.76 Å². The van der Waals surface area contributed by atoms with Gasteiger partial charge in [0.15, 0.2) is 5.58 Å². The van der Waals surface area contributed by atoms with Crippen molar-refractivity contribution in [3.8, 4) is 0 Å². The third-order valence-corrected chi connectivity index (χ3v) is 2.85. The minimum absolute atomic E-state index is 0.216. The molecule has 0 radical (unpaired) electrons. The van der Waals surface area contributed by atoms with Crippen LogP contribution in [0.5, 0.6) is 0 Å². The first kappa shape index (κ1) is 12.1. The number of aryl methyl sites for hydroxylation is 1. The molecular weight excluding hydrogens is 260 g/mol. The normalized spacial score (nSPS) is 10.7. The van der Waals surface area contributed by atoms with Crippen LogP contribution < -0.4 is 11.1 Å². The highest BCUT2D eigenvalue weighted by Gasteiger charge is 2.10. The predicted molar refractivity (Wildman–Crippen MR) is 71.4 cm³/mol. The molecule has 0 spiro atoms. The van der Waals surface area contributed by atoms with E-state index in [1.54, 1.807) is 25.2 Å². The second-order valence-corrected chi connectivity index (χ2v) is 4.15. The van der Waals surface area contributed by atoms with E-state index >= 15 is 0 Å². The van der Waals surface area contributed by atoms with Gasteiger partial charge in [-0.15, -0.1) is 0 Å². The monoisotopic (exact) mass is 270 g/mol. The number of benzene rings is 1. The van der Waals surface area contributed by atoms with Crippen molar-refractivity contribution in [1.82, 2.24) is 14.5 Å². The number of amides is 1. The Morgan fingerprint density at radius 1 is 1.35 bits per heavy atom. The average Bonchev–Trinajstić information content (AvgIpc) is 2.75. The minimum Gasteiger partial charge on any atom is -0.408 e. The highest BCUT2D eigenvalue weighted by atomic mass is 16.4. The number of hydrogen-bond acceptors (Lipinski definition) is 5. The Morgan fingerprint density at radius 2 is 2.20 bits per heavy atom. The molecule has 0 saturated carbocycles. The van der Waals surface area contributed by atoms with Gasteiger partial charge in [-0.05, 0) is 18.2 Å². The topological polar surface area (TPSA) is 90.0 Å². The lowest BCUT2D eigenvalue weighted by molar-refractivity contribution is 0.102. The van der Waals surface area contributed by atoms with Crippen LogP contribution in [0.2, 0.25) is 0 Å². The van der Waals surface area contributed by atoms with Gasteiger partial charge < -0.3 is 9.73 Å². The number of anilines is 1. The maximum atomic E-state index is 11.9. The van der Waals surface area contributed by atoms with Crippen molar-refractivity contribution in [1.29, 1.82) is 0 Å². The zero-order valence-electron chi connectivity index (χ0n) is 10.5. The lowest BCUT2D eigenvalue weighted by Crippen LogP contribution is -2.14. The Morgan fingerprint density at radius 3 is 2.95 bits per heavy atom. The molecule has 3 aromatic rings. The highest BCUT2D eigenvalue weighted by Crippen LogP contribution is 2.18. The summed E-state index contributed by atoms with van der Waals surface area (Å²) in [6.45, 7) is 0. The molecule has 1 aromatic carbocycles. The molecule has 0 aliphatic heterocycles. The lowest BCUT2D eigenvalue weighted by Gasteiger charge is -2.04. The summed E-state index contributed by atoms with van der Waals surface area (Å²) in [5.41, 5.74) is 1.83. The Hall–Kier alpha value is -2.96. The molecule has 1 amide bonds. The number of aromatic nitrogens is 3. The molecule has 0 bridgehead atoms. The van der Waals surface area contributed by atoms with Crippen LogP contribution in [0.25, 0.3) is 11.1 Å². The van der Waals surface area contributed by atoms with Crippen molar-refractivity contribution in [3.05, 3.63) is 53.0 Å². The first-order valence-corrected chi connectivity index (χ1v) is 5.82. The Labute approximate surface area is 112 Å². The Balaban J connectivity index is 1.93. The number of hydrogen-bond donors (Lipinski definition) is 1. The standard InChI is InChI=1S/C13H10N4O3/c1-17-10-6-8(2-3-11(10)20-13(17)19)16-12(18)9-7-14-4-5-15-9/h2-7H,1H3,(H,16,18). The highest BCUT2D eigenvalue weighted by molar-refractivity contribution is 6.03. The molecule has 20 heavy (non-hydrogen) atoms. The summed E-state index contributed by atoms with van der Waals surface area (Å²) in [5.74, 6) is -0.816. The zero-order valence-corrected chi connectivity index (χ0v) is 10.5. The third kappa shape index (κ3) is 2.05. The van der Waals surface area contributed by atoms with Crippen LogP contribution in [0.15, 0.2) is 46.0 Å². The molecule has 1 N–H and O–H groups in total. The van der Waals surface area contributed by atoms with Crippen molar-refractivity contribution in [2.24, 2.45) is 7.05 Å². The molecule has 0 aliphatic rings. The van der Waals surface area contributed by atoms with E-state index in [4.69, 9.17) is 4.42 Å². The molecule has 0 atom stereocenters. The fourth-order valence-electron chi connectivity index (χ4n) is 1.82. The van der Waals surface area contributed by atoms with Gasteiger partial charge in [-0.25, -0.2) is 9.78 Å². The first-order valence-electron chi connectivity index (χ1n) is 5.82. The summed E-state index contributed by atoms with van der Waals surface area (Å²) in [7, 11) is 1.60. The summed E-state index contributed by atoms with van der Waals surface area (Å²) in [5, 5.41) is 2.69. The second-order valence-electron chi connectivity index (χ2n) is 4.15. The van der Waals surface area contributed by atoms with E-state index in [-0.39, 0.29) is 11.6 Å². The van der Waals surface area contributed by atoms with Gasteiger partial charge >= 0.3 is 5.76 Å². The van der Waals surface area contributed by atoms with E-state index in [1.165, 1.54) is 23.2 Å². The van der Waals surface area contributed by atoms with Gasteiger partial charge in [0.25, 0.3) is 5.91 Å². The van der Waals surface area contributed by atoms with Crippen molar-refractivity contribution in [2.45, 2.75) is 0 Å². The predicted octanol–water partition coefficient (Wildman–Crippen LogP) is 1.17. The molecule has 100 valence electrons. The van der Waals surface area contributed by atoms with Crippen LogP contribution in [-0.4, -0.2) is 20.4 Å². The lowest BCUT2D eigenvalue weighted by atomic mass is 10.2. The third-order valence-electron chi connectivity index (χ3n) is 2.85. The summed E-state index contributed by atoms with van der Waals surface area (Å²) < 4.78 is 6.38. The van der Waals surface area contributed by atoms with Gasteiger partial charge in [0, 0.05) is 25.1 Å². The van der Waals surface area contributed by atoms with Gasteiger partial charge in [-0.1, -0.05) is 0 Å². The number of rotatable bonds is 2. The molecule has 0 saturated heterocycles. The molecule has 0 unspecified atom stereocenters. The fourth-order valence-corrected chi connectivity index (χ4v) is 1.82. The number of oxazole rings is 1. The molecule has 2 heterocycles. The summed E-state index contributed by atoms with van der Waals surface area (Å²) in [4.78, 5) is 31.1. The van der Waals surface area contributed by atoms with Crippen LogP contribution >= 0.6 is 0 Å². The summed E-state index contributed by atoms with van der Waals surface area (Å²) in [6, 6.07) is 4.94. The summed E-state index contributed by atoms with van der Waals surface area (Å²) >= 11 is 0. The van der Waals surface area contributed by atoms with Crippen molar-refractivity contribution >= 4 is 22.7 Å². The SMILES string of the molecule is Cn1c(=O)oc2ccc(NC(=O)c3cnccn3)cc21. The van der Waals surface area contributed by atoms with Crippen molar-refractivity contribution in [3.63, 3.8) is 0 Å². The van der Waals surface area contributed by atoms with E-state index in [1.807, 2.05) is 0 Å². The van der Waals surface area contributed by atoms with E-state index in [0.717, 1.165) is 0 Å². The molecule has 2 aromatic heterocycles. The zero-order chi connectivity index (χ0) is 14.1. The van der Waals surface area contributed by atoms with E-state index in [9.17, 15) is 9.59 Å². The summed E-state index contributed by atoms with van der Waals surface area (Å²) in [6.07, 6.45) is 4.31. The van der Waals surface area contributed by atoms with Gasteiger partial charge in [-0.3, -0.25) is 14.3 Å². The number of fused-ring (bicyclic) bond motifs is 1. The number of nitrogens with one attached hydrogen (secondary N) is 1. The maximum Gasteiger partial charge on any atom is 0.419 e. The number of carbonyl (C=O) groups excluding carboxylic acids is 1. The molecule has 0 fully saturated rings. The van der Waals surface area contributed by atoms with Gasteiger partial charge in [0.2, 0.25) is 0 Å². The van der Waals surface area contributed by atoms with E-state index in [0.29, 0.717) is 16.8 Å².